The van der Waals surface area contributed by atoms with E-state index in [2.05, 4.69) is 43.3 Å². The molecule has 0 saturated heterocycles. The summed E-state index contributed by atoms with van der Waals surface area (Å²) >= 11 is 3.43. The Morgan fingerprint density at radius 3 is 2.81 bits per heavy atom. The molecule has 0 bridgehead atoms. The molecular formula is C16H14BrN3O. The van der Waals surface area contributed by atoms with E-state index < -0.39 is 0 Å². The number of aromatic nitrogens is 2. The molecule has 1 heterocycles. The molecule has 4 nitrogen and oxygen atoms in total. The Labute approximate surface area is 131 Å². The first kappa shape index (κ1) is 13.8. The summed E-state index contributed by atoms with van der Waals surface area (Å²) in [6, 6.07) is 14.1. The van der Waals surface area contributed by atoms with Crippen LogP contribution in [0.15, 0.2) is 53.1 Å². The maximum Gasteiger partial charge on any atom is 0.238 e. The third-order valence-electron chi connectivity index (χ3n) is 3.00. The molecule has 0 atom stereocenters. The number of hydrogen-bond acceptors (Lipinski definition) is 4. The summed E-state index contributed by atoms with van der Waals surface area (Å²) in [6.07, 6.45) is 1.69. The van der Waals surface area contributed by atoms with Crippen molar-refractivity contribution in [1.82, 2.24) is 9.97 Å². The van der Waals surface area contributed by atoms with Crippen LogP contribution in [0.4, 0.5) is 5.95 Å². The SMILES string of the molecule is CCNc1ncc(Br)c(Oc2cccc3ccccc23)n1. The number of fused-ring (bicyclic) bond motifs is 1. The Bertz CT molecular complexity index is 771. The molecular weight excluding hydrogens is 330 g/mol. The van der Waals surface area contributed by atoms with E-state index in [0.717, 1.165) is 27.5 Å². The van der Waals surface area contributed by atoms with E-state index in [4.69, 9.17) is 4.74 Å². The summed E-state index contributed by atoms with van der Waals surface area (Å²) in [5.74, 6) is 1.82. The van der Waals surface area contributed by atoms with Gasteiger partial charge in [-0.2, -0.15) is 4.98 Å². The zero-order valence-electron chi connectivity index (χ0n) is 11.5. The Kier molecular flexibility index (Phi) is 4.01. The van der Waals surface area contributed by atoms with Crippen LogP contribution in [0.3, 0.4) is 0 Å². The Morgan fingerprint density at radius 1 is 1.14 bits per heavy atom. The zero-order chi connectivity index (χ0) is 14.7. The third kappa shape index (κ3) is 2.97. The minimum absolute atomic E-state index is 0.498. The van der Waals surface area contributed by atoms with Gasteiger partial charge in [-0.05, 0) is 34.3 Å². The molecule has 21 heavy (non-hydrogen) atoms. The van der Waals surface area contributed by atoms with Gasteiger partial charge >= 0.3 is 0 Å². The van der Waals surface area contributed by atoms with Crippen LogP contribution in [0.1, 0.15) is 6.92 Å². The van der Waals surface area contributed by atoms with E-state index in [1.54, 1.807) is 6.20 Å². The molecule has 0 saturated carbocycles. The third-order valence-corrected chi connectivity index (χ3v) is 3.55. The maximum absolute atomic E-state index is 5.97. The minimum Gasteiger partial charge on any atom is -0.437 e. The molecule has 1 aromatic heterocycles. The van der Waals surface area contributed by atoms with Gasteiger partial charge in [0.25, 0.3) is 0 Å². The van der Waals surface area contributed by atoms with Crippen LogP contribution in [0.5, 0.6) is 11.6 Å². The van der Waals surface area contributed by atoms with Crippen molar-refractivity contribution in [2.24, 2.45) is 0 Å². The molecule has 0 aliphatic rings. The number of nitrogens with one attached hydrogen (secondary N) is 1. The van der Waals surface area contributed by atoms with Crippen molar-refractivity contribution < 1.29 is 4.74 Å². The number of halogens is 1. The van der Waals surface area contributed by atoms with Crippen molar-refractivity contribution >= 4 is 32.7 Å². The average molecular weight is 344 g/mol. The number of benzene rings is 2. The predicted octanol–water partition coefficient (Wildman–Crippen LogP) is 4.62. The monoisotopic (exact) mass is 343 g/mol. The molecule has 0 unspecified atom stereocenters. The first-order chi connectivity index (χ1) is 10.3. The Morgan fingerprint density at radius 2 is 1.95 bits per heavy atom. The van der Waals surface area contributed by atoms with Crippen molar-refractivity contribution in [3.63, 3.8) is 0 Å². The Balaban J connectivity index is 2.00. The van der Waals surface area contributed by atoms with Gasteiger partial charge in [0.1, 0.15) is 5.75 Å². The van der Waals surface area contributed by atoms with Gasteiger partial charge in [0.2, 0.25) is 11.8 Å². The van der Waals surface area contributed by atoms with Crippen LogP contribution < -0.4 is 10.1 Å². The first-order valence-electron chi connectivity index (χ1n) is 6.70. The predicted molar refractivity (Wildman–Crippen MR) is 87.9 cm³/mol. The van der Waals surface area contributed by atoms with Crippen LogP contribution >= 0.6 is 15.9 Å². The largest absolute Gasteiger partial charge is 0.437 e. The molecule has 0 amide bonds. The molecule has 0 radical (unpaired) electrons. The summed E-state index contributed by atoms with van der Waals surface area (Å²) in [7, 11) is 0. The van der Waals surface area contributed by atoms with Crippen LogP contribution in [-0.4, -0.2) is 16.5 Å². The fourth-order valence-electron chi connectivity index (χ4n) is 2.06. The number of rotatable bonds is 4. The molecule has 3 aromatic rings. The lowest BCUT2D eigenvalue weighted by Crippen LogP contribution is -2.03. The summed E-state index contributed by atoms with van der Waals surface area (Å²) in [6.45, 7) is 2.76. The quantitative estimate of drug-likeness (QED) is 0.750. The van der Waals surface area contributed by atoms with Gasteiger partial charge in [-0.15, -0.1) is 0 Å². The van der Waals surface area contributed by atoms with E-state index in [9.17, 15) is 0 Å². The molecule has 5 heteroatoms. The van der Waals surface area contributed by atoms with Gasteiger partial charge < -0.3 is 10.1 Å². The summed E-state index contributed by atoms with van der Waals surface area (Å²) in [5, 5.41) is 5.26. The highest BCUT2D eigenvalue weighted by atomic mass is 79.9. The van der Waals surface area contributed by atoms with Gasteiger partial charge in [-0.1, -0.05) is 36.4 Å². The smallest absolute Gasteiger partial charge is 0.238 e. The van der Waals surface area contributed by atoms with Crippen LogP contribution in [0.2, 0.25) is 0 Å². The van der Waals surface area contributed by atoms with Crippen LogP contribution in [0, 0.1) is 0 Å². The van der Waals surface area contributed by atoms with Crippen molar-refractivity contribution in [3.8, 4) is 11.6 Å². The number of nitrogens with zero attached hydrogens (tertiary/aromatic N) is 2. The van der Waals surface area contributed by atoms with Gasteiger partial charge in [-0.25, -0.2) is 4.98 Å². The standard InChI is InChI=1S/C16H14BrN3O/c1-2-18-16-19-10-13(17)15(20-16)21-14-9-5-7-11-6-3-4-8-12(11)14/h3-10H,2H2,1H3,(H,18,19,20). The summed E-state index contributed by atoms with van der Waals surface area (Å²) in [5.41, 5.74) is 0. The van der Waals surface area contributed by atoms with E-state index >= 15 is 0 Å². The zero-order valence-corrected chi connectivity index (χ0v) is 13.1. The molecule has 0 aliphatic carbocycles. The van der Waals surface area contributed by atoms with Crippen LogP contribution in [0.25, 0.3) is 10.8 Å². The lowest BCUT2D eigenvalue weighted by atomic mass is 10.1. The lowest BCUT2D eigenvalue weighted by Gasteiger charge is -2.10. The fraction of sp³-hybridized carbons (Fsp3) is 0.125. The molecule has 0 aliphatic heterocycles. The molecule has 3 rings (SSSR count). The number of ether oxygens (including phenoxy) is 1. The Hall–Kier alpha value is -2.14. The van der Waals surface area contributed by atoms with Crippen molar-refractivity contribution in [1.29, 1.82) is 0 Å². The molecule has 1 N–H and O–H groups in total. The normalized spacial score (nSPS) is 10.6. The van der Waals surface area contributed by atoms with Crippen molar-refractivity contribution in [2.45, 2.75) is 6.92 Å². The highest BCUT2D eigenvalue weighted by molar-refractivity contribution is 9.10. The topological polar surface area (TPSA) is 47.0 Å². The maximum atomic E-state index is 5.97. The second-order valence-electron chi connectivity index (χ2n) is 4.46. The summed E-state index contributed by atoms with van der Waals surface area (Å²) in [4.78, 5) is 8.56. The van der Waals surface area contributed by atoms with Crippen LogP contribution in [-0.2, 0) is 0 Å². The molecule has 0 fully saturated rings. The van der Waals surface area contributed by atoms with E-state index in [1.807, 2.05) is 37.3 Å². The fourth-order valence-corrected chi connectivity index (χ4v) is 2.33. The minimum atomic E-state index is 0.498. The summed E-state index contributed by atoms with van der Waals surface area (Å²) < 4.78 is 6.69. The van der Waals surface area contributed by atoms with Gasteiger partial charge in [0, 0.05) is 11.9 Å². The van der Waals surface area contributed by atoms with Gasteiger partial charge in [-0.3, -0.25) is 0 Å². The van der Waals surface area contributed by atoms with Crippen molar-refractivity contribution in [2.75, 3.05) is 11.9 Å². The van der Waals surface area contributed by atoms with Gasteiger partial charge in [0.05, 0.1) is 10.7 Å². The second-order valence-corrected chi connectivity index (χ2v) is 5.31. The molecule has 0 spiro atoms. The first-order valence-corrected chi connectivity index (χ1v) is 7.49. The highest BCUT2D eigenvalue weighted by Crippen LogP contribution is 2.32. The number of anilines is 1. The second kappa shape index (κ2) is 6.10. The van der Waals surface area contributed by atoms with E-state index in [1.165, 1.54) is 0 Å². The van der Waals surface area contributed by atoms with E-state index in [0.29, 0.717) is 11.8 Å². The lowest BCUT2D eigenvalue weighted by molar-refractivity contribution is 0.464. The highest BCUT2D eigenvalue weighted by Gasteiger charge is 2.09. The van der Waals surface area contributed by atoms with E-state index in [-0.39, 0.29) is 0 Å². The van der Waals surface area contributed by atoms with Gasteiger partial charge in [0.15, 0.2) is 0 Å². The molecule has 106 valence electrons. The average Bonchev–Trinajstić information content (AvgIpc) is 2.51. The van der Waals surface area contributed by atoms with Crippen molar-refractivity contribution in [3.05, 3.63) is 53.1 Å². The number of hydrogen-bond donors (Lipinski definition) is 1. The molecule has 2 aromatic carbocycles.